The van der Waals surface area contributed by atoms with Crippen molar-refractivity contribution in [2.24, 2.45) is 7.05 Å². The molecule has 0 radical (unpaired) electrons. The molecule has 2 heterocycles. The molecule has 2 aromatic rings. The molecule has 1 aliphatic rings. The number of nitrogens with zero attached hydrogens (tertiary/aromatic N) is 2. The lowest BCUT2D eigenvalue weighted by molar-refractivity contribution is -0.121. The first-order valence-electron chi connectivity index (χ1n) is 8.68. The predicted octanol–water partition coefficient (Wildman–Crippen LogP) is 1.79. The third kappa shape index (κ3) is 4.39. The normalized spacial score (nSPS) is 13.4. The summed E-state index contributed by atoms with van der Waals surface area (Å²) in [6, 6.07) is 7.82. The van der Waals surface area contributed by atoms with Crippen molar-refractivity contribution < 1.29 is 14.3 Å². The second-order valence-corrected chi connectivity index (χ2v) is 6.25. The number of aryl methyl sites for hydroxylation is 2. The van der Waals surface area contributed by atoms with Crippen molar-refractivity contribution >= 4 is 5.91 Å². The Labute approximate surface area is 148 Å². The molecule has 0 saturated heterocycles. The van der Waals surface area contributed by atoms with Gasteiger partial charge in [-0.05, 0) is 24.1 Å². The average molecular weight is 343 g/mol. The monoisotopic (exact) mass is 343 g/mol. The highest BCUT2D eigenvalue weighted by molar-refractivity contribution is 5.76. The van der Waals surface area contributed by atoms with Crippen LogP contribution in [0.5, 0.6) is 5.75 Å². The fourth-order valence-electron chi connectivity index (χ4n) is 3.18. The second kappa shape index (κ2) is 8.16. The van der Waals surface area contributed by atoms with Gasteiger partial charge in [-0.2, -0.15) is 5.10 Å². The zero-order chi connectivity index (χ0) is 17.6. The highest BCUT2D eigenvalue weighted by Crippen LogP contribution is 2.20. The molecule has 3 rings (SSSR count). The standard InChI is InChI=1S/C19H25N3O3/c1-22-18-9-11-25-13-16(18)17(21-22)8-10-20-19(23)7-6-14-4-3-5-15(12-14)24-2/h3-5,12H,6-11,13H2,1-2H3,(H,20,23). The largest absolute Gasteiger partial charge is 0.497 e. The molecule has 0 unspecified atom stereocenters. The summed E-state index contributed by atoms with van der Waals surface area (Å²) >= 11 is 0. The van der Waals surface area contributed by atoms with Gasteiger partial charge in [0, 0.05) is 44.1 Å². The van der Waals surface area contributed by atoms with Gasteiger partial charge in [0.25, 0.3) is 0 Å². The number of methoxy groups -OCH3 is 1. The number of aromatic nitrogens is 2. The van der Waals surface area contributed by atoms with Crippen LogP contribution in [-0.2, 0) is 42.4 Å². The van der Waals surface area contributed by atoms with E-state index >= 15 is 0 Å². The number of carbonyl (C=O) groups is 1. The maximum Gasteiger partial charge on any atom is 0.220 e. The van der Waals surface area contributed by atoms with Gasteiger partial charge in [0.2, 0.25) is 5.91 Å². The highest BCUT2D eigenvalue weighted by atomic mass is 16.5. The summed E-state index contributed by atoms with van der Waals surface area (Å²) in [5.74, 6) is 0.879. The van der Waals surface area contributed by atoms with E-state index in [1.165, 1.54) is 11.3 Å². The number of fused-ring (bicyclic) bond motifs is 1. The molecule has 134 valence electrons. The van der Waals surface area contributed by atoms with Crippen LogP contribution in [0.1, 0.15) is 28.9 Å². The van der Waals surface area contributed by atoms with Crippen LogP contribution in [0.3, 0.4) is 0 Å². The molecular weight excluding hydrogens is 318 g/mol. The molecule has 0 aliphatic carbocycles. The molecular formula is C19H25N3O3. The molecule has 1 aromatic carbocycles. The molecule has 0 spiro atoms. The minimum Gasteiger partial charge on any atom is -0.497 e. The van der Waals surface area contributed by atoms with E-state index < -0.39 is 0 Å². The summed E-state index contributed by atoms with van der Waals surface area (Å²) < 4.78 is 12.7. The average Bonchev–Trinajstić information content (AvgIpc) is 2.96. The van der Waals surface area contributed by atoms with Gasteiger partial charge in [0.05, 0.1) is 26.0 Å². The predicted molar refractivity (Wildman–Crippen MR) is 94.6 cm³/mol. The van der Waals surface area contributed by atoms with E-state index in [-0.39, 0.29) is 5.91 Å². The maximum absolute atomic E-state index is 12.1. The van der Waals surface area contributed by atoms with Gasteiger partial charge in [-0.25, -0.2) is 0 Å². The maximum atomic E-state index is 12.1. The van der Waals surface area contributed by atoms with Gasteiger partial charge < -0.3 is 14.8 Å². The summed E-state index contributed by atoms with van der Waals surface area (Å²) in [6.45, 7) is 1.98. The molecule has 0 fully saturated rings. The van der Waals surface area contributed by atoms with Gasteiger partial charge in [-0.3, -0.25) is 9.48 Å². The first kappa shape index (κ1) is 17.5. The van der Waals surface area contributed by atoms with E-state index in [2.05, 4.69) is 10.4 Å². The van der Waals surface area contributed by atoms with Crippen LogP contribution >= 0.6 is 0 Å². The van der Waals surface area contributed by atoms with Crippen molar-refractivity contribution in [2.45, 2.75) is 32.3 Å². The van der Waals surface area contributed by atoms with E-state index in [0.29, 0.717) is 26.0 Å². The Morgan fingerprint density at radius 3 is 3.12 bits per heavy atom. The molecule has 0 bridgehead atoms. The molecule has 0 saturated carbocycles. The van der Waals surface area contributed by atoms with Crippen LogP contribution < -0.4 is 10.1 Å². The second-order valence-electron chi connectivity index (χ2n) is 6.25. The van der Waals surface area contributed by atoms with Gasteiger partial charge in [-0.1, -0.05) is 12.1 Å². The lowest BCUT2D eigenvalue weighted by Crippen LogP contribution is -2.26. The quantitative estimate of drug-likeness (QED) is 0.832. The Bertz CT molecular complexity index is 740. The van der Waals surface area contributed by atoms with Crippen LogP contribution in [0.25, 0.3) is 0 Å². The molecule has 6 nitrogen and oxygen atoms in total. The van der Waals surface area contributed by atoms with Crippen LogP contribution in [0, 0.1) is 0 Å². The number of rotatable bonds is 7. The molecule has 6 heteroatoms. The molecule has 1 aromatic heterocycles. The number of nitrogens with one attached hydrogen (secondary N) is 1. The SMILES string of the molecule is COc1cccc(CCC(=O)NCCc2nn(C)c3c2COCC3)c1. The van der Waals surface area contributed by atoms with Gasteiger partial charge in [0.1, 0.15) is 5.75 Å². The summed E-state index contributed by atoms with van der Waals surface area (Å²) in [5.41, 5.74) is 4.58. The molecule has 0 atom stereocenters. The van der Waals surface area contributed by atoms with Crippen molar-refractivity contribution in [3.63, 3.8) is 0 Å². The third-order valence-electron chi connectivity index (χ3n) is 4.55. The summed E-state index contributed by atoms with van der Waals surface area (Å²) in [5, 5.41) is 7.56. The number of ether oxygens (including phenoxy) is 2. The fraction of sp³-hybridized carbons (Fsp3) is 0.474. The van der Waals surface area contributed by atoms with E-state index in [0.717, 1.165) is 36.5 Å². The molecule has 25 heavy (non-hydrogen) atoms. The summed E-state index contributed by atoms with van der Waals surface area (Å²) in [7, 11) is 3.62. The first-order valence-corrected chi connectivity index (χ1v) is 8.68. The van der Waals surface area contributed by atoms with Crippen molar-refractivity contribution in [3.8, 4) is 5.75 Å². The van der Waals surface area contributed by atoms with Crippen LogP contribution in [0.4, 0.5) is 0 Å². The fourth-order valence-corrected chi connectivity index (χ4v) is 3.18. The van der Waals surface area contributed by atoms with Crippen molar-refractivity contribution in [1.82, 2.24) is 15.1 Å². The minimum absolute atomic E-state index is 0.0591. The number of carbonyl (C=O) groups excluding carboxylic acids is 1. The topological polar surface area (TPSA) is 65.4 Å². The number of hydrogen-bond donors (Lipinski definition) is 1. The zero-order valence-electron chi connectivity index (χ0n) is 14.9. The van der Waals surface area contributed by atoms with Crippen molar-refractivity contribution in [3.05, 3.63) is 46.8 Å². The van der Waals surface area contributed by atoms with Crippen LogP contribution in [0.15, 0.2) is 24.3 Å². The van der Waals surface area contributed by atoms with E-state index in [9.17, 15) is 4.79 Å². The highest BCUT2D eigenvalue weighted by Gasteiger charge is 2.19. The first-order chi connectivity index (χ1) is 12.2. The molecule has 1 N–H and O–H groups in total. The minimum atomic E-state index is 0.0591. The number of hydrogen-bond acceptors (Lipinski definition) is 4. The summed E-state index contributed by atoms with van der Waals surface area (Å²) in [4.78, 5) is 12.1. The lowest BCUT2D eigenvalue weighted by atomic mass is 10.1. The zero-order valence-corrected chi connectivity index (χ0v) is 14.9. The molecule has 1 amide bonds. The van der Waals surface area contributed by atoms with E-state index in [1.807, 2.05) is 36.0 Å². The van der Waals surface area contributed by atoms with Crippen LogP contribution in [-0.4, -0.2) is 35.9 Å². The molecule has 1 aliphatic heterocycles. The Hall–Kier alpha value is -2.34. The van der Waals surface area contributed by atoms with E-state index in [4.69, 9.17) is 9.47 Å². The Balaban J connectivity index is 1.45. The van der Waals surface area contributed by atoms with Gasteiger partial charge in [0.15, 0.2) is 0 Å². The Morgan fingerprint density at radius 1 is 1.40 bits per heavy atom. The van der Waals surface area contributed by atoms with Crippen molar-refractivity contribution in [2.75, 3.05) is 20.3 Å². The lowest BCUT2D eigenvalue weighted by Gasteiger charge is -2.13. The smallest absolute Gasteiger partial charge is 0.220 e. The Morgan fingerprint density at radius 2 is 2.28 bits per heavy atom. The van der Waals surface area contributed by atoms with Crippen LogP contribution in [0.2, 0.25) is 0 Å². The summed E-state index contributed by atoms with van der Waals surface area (Å²) in [6.07, 6.45) is 2.82. The number of benzene rings is 1. The number of amides is 1. The van der Waals surface area contributed by atoms with Gasteiger partial charge >= 0.3 is 0 Å². The Kier molecular flexibility index (Phi) is 5.71. The van der Waals surface area contributed by atoms with E-state index in [1.54, 1.807) is 7.11 Å². The third-order valence-corrected chi connectivity index (χ3v) is 4.55. The van der Waals surface area contributed by atoms with Gasteiger partial charge in [-0.15, -0.1) is 0 Å². The van der Waals surface area contributed by atoms with Crippen molar-refractivity contribution in [1.29, 1.82) is 0 Å².